The summed E-state index contributed by atoms with van der Waals surface area (Å²) in [6.45, 7) is 4.97. The summed E-state index contributed by atoms with van der Waals surface area (Å²) in [6.07, 6.45) is 0. The summed E-state index contributed by atoms with van der Waals surface area (Å²) in [4.78, 5) is 10.2. The van der Waals surface area contributed by atoms with Gasteiger partial charge in [0.05, 0.1) is 4.92 Å². The zero-order chi connectivity index (χ0) is 13.8. The average molecular weight is 276 g/mol. The van der Waals surface area contributed by atoms with Crippen LogP contribution in [-0.4, -0.2) is 4.92 Å². The van der Waals surface area contributed by atoms with Crippen molar-refractivity contribution in [2.24, 2.45) is 0 Å². The Labute approximate surface area is 116 Å². The van der Waals surface area contributed by atoms with Gasteiger partial charge in [-0.25, -0.2) is 0 Å². The highest BCUT2D eigenvalue weighted by atomic mass is 32.1. The van der Waals surface area contributed by atoms with Crippen LogP contribution >= 0.6 is 11.3 Å². The van der Waals surface area contributed by atoms with Crippen molar-refractivity contribution < 1.29 is 4.92 Å². The topological polar surface area (TPSA) is 55.2 Å². The number of nitrogens with zero attached hydrogens (tertiary/aromatic N) is 1. The molecule has 2 aromatic rings. The largest absolute Gasteiger partial charge is 0.306 e. The second kappa shape index (κ2) is 5.95. The van der Waals surface area contributed by atoms with Crippen molar-refractivity contribution in [3.05, 3.63) is 61.8 Å². The van der Waals surface area contributed by atoms with E-state index in [1.54, 1.807) is 35.6 Å². The van der Waals surface area contributed by atoms with Gasteiger partial charge in [-0.2, -0.15) is 11.3 Å². The summed E-state index contributed by atoms with van der Waals surface area (Å²) in [7, 11) is 0. The third kappa shape index (κ3) is 3.39. The van der Waals surface area contributed by atoms with Crippen molar-refractivity contribution in [2.45, 2.75) is 26.4 Å². The number of nitro groups is 1. The molecule has 1 aromatic heterocycles. The SMILES string of the molecule is Cc1cscc1CNC(C)c1ccc([N+](=O)[O-])cc1. The molecule has 0 radical (unpaired) electrons. The molecule has 0 saturated carbocycles. The summed E-state index contributed by atoms with van der Waals surface area (Å²) in [5.41, 5.74) is 3.79. The molecule has 1 N–H and O–H groups in total. The summed E-state index contributed by atoms with van der Waals surface area (Å²) in [6, 6.07) is 6.86. The van der Waals surface area contributed by atoms with Crippen LogP contribution < -0.4 is 5.32 Å². The highest BCUT2D eigenvalue weighted by molar-refractivity contribution is 7.08. The van der Waals surface area contributed by atoms with Gasteiger partial charge in [0.25, 0.3) is 5.69 Å². The minimum absolute atomic E-state index is 0.129. The van der Waals surface area contributed by atoms with Gasteiger partial charge in [0.2, 0.25) is 0 Å². The lowest BCUT2D eigenvalue weighted by molar-refractivity contribution is -0.384. The molecule has 2 rings (SSSR count). The summed E-state index contributed by atoms with van der Waals surface area (Å²) < 4.78 is 0. The van der Waals surface area contributed by atoms with E-state index >= 15 is 0 Å². The number of non-ortho nitro benzene ring substituents is 1. The van der Waals surface area contributed by atoms with E-state index in [9.17, 15) is 10.1 Å². The van der Waals surface area contributed by atoms with Crippen molar-refractivity contribution >= 4 is 17.0 Å². The first-order chi connectivity index (χ1) is 9.08. The molecule has 19 heavy (non-hydrogen) atoms. The molecule has 0 fully saturated rings. The molecule has 0 amide bonds. The number of hydrogen-bond donors (Lipinski definition) is 1. The van der Waals surface area contributed by atoms with E-state index in [2.05, 4.69) is 29.9 Å². The van der Waals surface area contributed by atoms with Gasteiger partial charge in [0.15, 0.2) is 0 Å². The van der Waals surface area contributed by atoms with Crippen LogP contribution in [0.15, 0.2) is 35.0 Å². The lowest BCUT2D eigenvalue weighted by atomic mass is 10.1. The minimum Gasteiger partial charge on any atom is -0.306 e. The lowest BCUT2D eigenvalue weighted by Gasteiger charge is -2.14. The predicted molar refractivity (Wildman–Crippen MR) is 77.4 cm³/mol. The molecular formula is C14H16N2O2S. The standard InChI is InChI=1S/C14H16N2O2S/c1-10-8-19-9-13(10)7-15-11(2)12-3-5-14(6-4-12)16(17)18/h3-6,8-9,11,15H,7H2,1-2H3. The van der Waals surface area contributed by atoms with E-state index in [1.165, 1.54) is 11.1 Å². The third-order valence-electron chi connectivity index (χ3n) is 3.16. The van der Waals surface area contributed by atoms with Crippen molar-refractivity contribution in [3.8, 4) is 0 Å². The number of aryl methyl sites for hydroxylation is 1. The number of hydrogen-bond acceptors (Lipinski definition) is 4. The van der Waals surface area contributed by atoms with Gasteiger partial charge >= 0.3 is 0 Å². The van der Waals surface area contributed by atoms with Gasteiger partial charge in [-0.3, -0.25) is 10.1 Å². The number of nitrogens with one attached hydrogen (secondary N) is 1. The minimum atomic E-state index is -0.378. The van der Waals surface area contributed by atoms with Crippen molar-refractivity contribution in [2.75, 3.05) is 0 Å². The maximum Gasteiger partial charge on any atom is 0.269 e. The van der Waals surface area contributed by atoms with Crippen LogP contribution in [0.25, 0.3) is 0 Å². The Morgan fingerprint density at radius 3 is 2.53 bits per heavy atom. The molecule has 1 heterocycles. The van der Waals surface area contributed by atoms with Crippen LogP contribution in [0, 0.1) is 17.0 Å². The number of rotatable bonds is 5. The number of thiophene rings is 1. The fourth-order valence-corrected chi connectivity index (χ4v) is 2.69. The molecule has 0 saturated heterocycles. The van der Waals surface area contributed by atoms with Gasteiger partial charge < -0.3 is 5.32 Å². The zero-order valence-electron chi connectivity index (χ0n) is 10.9. The van der Waals surface area contributed by atoms with Crippen LogP contribution in [0.1, 0.15) is 29.7 Å². The molecule has 1 atom stereocenters. The normalized spacial score (nSPS) is 12.3. The van der Waals surface area contributed by atoms with Gasteiger partial charge in [-0.15, -0.1) is 0 Å². The van der Waals surface area contributed by atoms with Crippen LogP contribution in [0.4, 0.5) is 5.69 Å². The molecule has 0 spiro atoms. The second-order valence-corrected chi connectivity index (χ2v) is 5.27. The Bertz CT molecular complexity index is 563. The van der Waals surface area contributed by atoms with Crippen molar-refractivity contribution in [1.82, 2.24) is 5.32 Å². The number of nitro benzene ring substituents is 1. The Morgan fingerprint density at radius 2 is 2.00 bits per heavy atom. The maximum absolute atomic E-state index is 10.6. The summed E-state index contributed by atoms with van der Waals surface area (Å²) in [5, 5.41) is 18.3. The molecule has 100 valence electrons. The maximum atomic E-state index is 10.6. The van der Waals surface area contributed by atoms with E-state index in [4.69, 9.17) is 0 Å². The highest BCUT2D eigenvalue weighted by Gasteiger charge is 2.09. The van der Waals surface area contributed by atoms with E-state index < -0.39 is 0 Å². The van der Waals surface area contributed by atoms with Gasteiger partial charge in [-0.1, -0.05) is 12.1 Å². The van der Waals surface area contributed by atoms with E-state index in [-0.39, 0.29) is 16.7 Å². The quantitative estimate of drug-likeness (QED) is 0.667. The Kier molecular flexibility index (Phi) is 4.29. The fraction of sp³-hybridized carbons (Fsp3) is 0.286. The molecule has 0 bridgehead atoms. The molecule has 1 unspecified atom stereocenters. The first-order valence-corrected chi connectivity index (χ1v) is 7.01. The third-order valence-corrected chi connectivity index (χ3v) is 4.07. The van der Waals surface area contributed by atoms with Crippen molar-refractivity contribution in [1.29, 1.82) is 0 Å². The van der Waals surface area contributed by atoms with E-state index in [0.717, 1.165) is 12.1 Å². The van der Waals surface area contributed by atoms with E-state index in [1.807, 2.05) is 0 Å². The fourth-order valence-electron chi connectivity index (χ4n) is 1.83. The average Bonchev–Trinajstić information content (AvgIpc) is 2.81. The Hall–Kier alpha value is -1.72. The summed E-state index contributed by atoms with van der Waals surface area (Å²) >= 11 is 1.70. The van der Waals surface area contributed by atoms with Gasteiger partial charge in [-0.05, 0) is 41.3 Å². The Balaban J connectivity index is 1.98. The highest BCUT2D eigenvalue weighted by Crippen LogP contribution is 2.19. The predicted octanol–water partition coefficient (Wildman–Crippen LogP) is 3.82. The first-order valence-electron chi connectivity index (χ1n) is 6.07. The molecule has 1 aromatic carbocycles. The smallest absolute Gasteiger partial charge is 0.269 e. The molecule has 4 nitrogen and oxygen atoms in total. The molecular weight excluding hydrogens is 260 g/mol. The zero-order valence-corrected chi connectivity index (χ0v) is 11.7. The van der Waals surface area contributed by atoms with Crippen molar-refractivity contribution in [3.63, 3.8) is 0 Å². The second-order valence-electron chi connectivity index (χ2n) is 4.53. The van der Waals surface area contributed by atoms with Crippen LogP contribution in [0.2, 0.25) is 0 Å². The van der Waals surface area contributed by atoms with Crippen LogP contribution in [0.3, 0.4) is 0 Å². The van der Waals surface area contributed by atoms with Gasteiger partial charge in [0.1, 0.15) is 0 Å². The van der Waals surface area contributed by atoms with E-state index in [0.29, 0.717) is 0 Å². The molecule has 0 aliphatic heterocycles. The molecule has 5 heteroatoms. The lowest BCUT2D eigenvalue weighted by Crippen LogP contribution is -2.18. The summed E-state index contributed by atoms with van der Waals surface area (Å²) in [5.74, 6) is 0. The molecule has 0 aliphatic carbocycles. The Morgan fingerprint density at radius 1 is 1.32 bits per heavy atom. The monoisotopic (exact) mass is 276 g/mol. The molecule has 0 aliphatic rings. The van der Waals surface area contributed by atoms with Crippen LogP contribution in [-0.2, 0) is 6.54 Å². The first kappa shape index (κ1) is 13.7. The number of benzene rings is 1. The van der Waals surface area contributed by atoms with Crippen LogP contribution in [0.5, 0.6) is 0 Å². The van der Waals surface area contributed by atoms with Gasteiger partial charge in [0, 0.05) is 24.7 Å².